The lowest BCUT2D eigenvalue weighted by Crippen LogP contribution is -2.21. The molecule has 0 bridgehead atoms. The van der Waals surface area contributed by atoms with E-state index in [1.807, 2.05) is 26.0 Å². The molecule has 0 spiro atoms. The highest BCUT2D eigenvalue weighted by molar-refractivity contribution is 9.10. The third-order valence-electron chi connectivity index (χ3n) is 4.04. The van der Waals surface area contributed by atoms with Gasteiger partial charge < -0.3 is 9.47 Å². The Kier molecular flexibility index (Phi) is 3.42. The fourth-order valence-corrected chi connectivity index (χ4v) is 4.08. The molecule has 0 atom stereocenters. The van der Waals surface area contributed by atoms with Crippen LogP contribution in [0.2, 0.25) is 0 Å². The lowest BCUT2D eigenvalue weighted by molar-refractivity contribution is 0.174. The van der Waals surface area contributed by atoms with E-state index in [2.05, 4.69) is 20.9 Å². The van der Waals surface area contributed by atoms with Crippen LogP contribution in [0.15, 0.2) is 27.7 Å². The number of hydrogen-bond acceptors (Lipinski definition) is 5. The summed E-state index contributed by atoms with van der Waals surface area (Å²) >= 11 is 5.09. The first kappa shape index (κ1) is 14.7. The summed E-state index contributed by atoms with van der Waals surface area (Å²) in [7, 11) is 0. The van der Waals surface area contributed by atoms with Gasteiger partial charge in [0.05, 0.1) is 18.3 Å². The molecule has 1 aliphatic rings. The minimum absolute atomic E-state index is 0.0126. The van der Waals surface area contributed by atoms with Gasteiger partial charge in [-0.25, -0.2) is 4.98 Å². The van der Waals surface area contributed by atoms with Crippen molar-refractivity contribution in [3.8, 4) is 11.5 Å². The summed E-state index contributed by atoms with van der Waals surface area (Å²) in [6.07, 6.45) is 1.61. The van der Waals surface area contributed by atoms with E-state index >= 15 is 0 Å². The molecule has 7 heteroatoms. The minimum Gasteiger partial charge on any atom is -0.454 e. The Bertz CT molecular complexity index is 993. The number of thiophene rings is 1. The highest BCUT2D eigenvalue weighted by Crippen LogP contribution is 2.37. The summed E-state index contributed by atoms with van der Waals surface area (Å²) in [5.74, 6) is 1.42. The first-order chi connectivity index (χ1) is 11.0. The molecule has 0 radical (unpaired) electrons. The van der Waals surface area contributed by atoms with Crippen molar-refractivity contribution in [1.82, 2.24) is 9.55 Å². The number of nitrogens with zero attached hydrogens (tertiary/aromatic N) is 2. The van der Waals surface area contributed by atoms with Crippen LogP contribution >= 0.6 is 27.3 Å². The summed E-state index contributed by atoms with van der Waals surface area (Å²) in [6.45, 7) is 4.64. The van der Waals surface area contributed by atoms with Crippen molar-refractivity contribution < 1.29 is 9.47 Å². The Morgan fingerprint density at radius 2 is 2.04 bits per heavy atom. The average Bonchev–Trinajstić information content (AvgIpc) is 3.07. The van der Waals surface area contributed by atoms with Crippen molar-refractivity contribution in [2.75, 3.05) is 6.79 Å². The summed E-state index contributed by atoms with van der Waals surface area (Å²) in [5, 5.41) is 0.715. The zero-order valence-corrected chi connectivity index (χ0v) is 15.0. The van der Waals surface area contributed by atoms with Crippen LogP contribution in [0, 0.1) is 13.8 Å². The highest BCUT2D eigenvalue weighted by atomic mass is 79.9. The van der Waals surface area contributed by atoms with Crippen molar-refractivity contribution in [3.05, 3.63) is 49.3 Å². The van der Waals surface area contributed by atoms with Crippen LogP contribution in [0.5, 0.6) is 11.5 Å². The highest BCUT2D eigenvalue weighted by Gasteiger charge is 2.18. The number of fused-ring (bicyclic) bond motifs is 2. The number of ether oxygens (including phenoxy) is 2. The van der Waals surface area contributed by atoms with Gasteiger partial charge in [-0.15, -0.1) is 11.3 Å². The Morgan fingerprint density at radius 1 is 1.30 bits per heavy atom. The second-order valence-electron chi connectivity index (χ2n) is 5.44. The molecule has 5 nitrogen and oxygen atoms in total. The molecular weight excluding hydrogens is 380 g/mol. The van der Waals surface area contributed by atoms with Gasteiger partial charge in [-0.3, -0.25) is 9.36 Å². The molecule has 3 heterocycles. The lowest BCUT2D eigenvalue weighted by atomic mass is 10.2. The molecule has 0 unspecified atom stereocenters. The predicted molar refractivity (Wildman–Crippen MR) is 92.7 cm³/mol. The Hall–Kier alpha value is -1.86. The molecule has 118 valence electrons. The zero-order chi connectivity index (χ0) is 16.1. The van der Waals surface area contributed by atoms with E-state index in [1.165, 1.54) is 0 Å². The monoisotopic (exact) mass is 392 g/mol. The number of halogens is 1. The van der Waals surface area contributed by atoms with Crippen molar-refractivity contribution in [2.45, 2.75) is 20.4 Å². The second-order valence-corrected chi connectivity index (χ2v) is 7.50. The normalized spacial score (nSPS) is 13.0. The molecule has 0 amide bonds. The van der Waals surface area contributed by atoms with Gasteiger partial charge in [0.1, 0.15) is 4.83 Å². The molecule has 3 aromatic rings. The number of hydrogen-bond donors (Lipinski definition) is 0. The van der Waals surface area contributed by atoms with Gasteiger partial charge in [0.25, 0.3) is 5.56 Å². The van der Waals surface area contributed by atoms with Gasteiger partial charge in [0.15, 0.2) is 11.5 Å². The van der Waals surface area contributed by atoms with Crippen LogP contribution in [0.1, 0.15) is 16.0 Å². The van der Waals surface area contributed by atoms with E-state index in [0.29, 0.717) is 23.4 Å². The molecule has 0 N–H and O–H groups in total. The van der Waals surface area contributed by atoms with Crippen LogP contribution < -0.4 is 15.0 Å². The number of aryl methyl sites for hydroxylation is 2. The number of rotatable bonds is 2. The van der Waals surface area contributed by atoms with Crippen molar-refractivity contribution >= 4 is 37.5 Å². The predicted octanol–water partition coefficient (Wildman–Crippen LogP) is 3.61. The van der Waals surface area contributed by atoms with Crippen molar-refractivity contribution in [2.24, 2.45) is 0 Å². The maximum absolute atomic E-state index is 12.8. The molecule has 0 fully saturated rings. The first-order valence-corrected chi connectivity index (χ1v) is 8.68. The van der Waals surface area contributed by atoms with Crippen molar-refractivity contribution in [1.29, 1.82) is 0 Å². The van der Waals surface area contributed by atoms with Gasteiger partial charge in [-0.2, -0.15) is 0 Å². The van der Waals surface area contributed by atoms with E-state index in [0.717, 1.165) is 25.3 Å². The van der Waals surface area contributed by atoms with Crippen molar-refractivity contribution in [3.63, 3.8) is 0 Å². The number of aromatic nitrogens is 2. The Balaban J connectivity index is 1.81. The quantitative estimate of drug-likeness (QED) is 0.668. The molecule has 0 aliphatic carbocycles. The van der Waals surface area contributed by atoms with E-state index in [-0.39, 0.29) is 12.4 Å². The van der Waals surface area contributed by atoms with Crippen LogP contribution in [0.3, 0.4) is 0 Å². The van der Waals surface area contributed by atoms with Gasteiger partial charge in [-0.05, 0) is 37.1 Å². The van der Waals surface area contributed by atoms with Gasteiger partial charge in [0.2, 0.25) is 6.79 Å². The van der Waals surface area contributed by atoms with Gasteiger partial charge in [-0.1, -0.05) is 15.9 Å². The molecule has 23 heavy (non-hydrogen) atoms. The third-order valence-corrected chi connectivity index (χ3v) is 5.89. The fraction of sp³-hybridized carbons (Fsp3) is 0.250. The van der Waals surface area contributed by atoms with E-state index < -0.39 is 0 Å². The average molecular weight is 393 g/mol. The largest absolute Gasteiger partial charge is 0.454 e. The van der Waals surface area contributed by atoms with E-state index in [9.17, 15) is 4.79 Å². The summed E-state index contributed by atoms with van der Waals surface area (Å²) in [6, 6.07) is 3.77. The Morgan fingerprint density at radius 3 is 2.83 bits per heavy atom. The first-order valence-electron chi connectivity index (χ1n) is 7.08. The summed E-state index contributed by atoms with van der Waals surface area (Å²) in [5.41, 5.74) is 1.95. The van der Waals surface area contributed by atoms with Crippen LogP contribution in [-0.2, 0) is 6.54 Å². The third kappa shape index (κ3) is 2.35. The Labute approximate surface area is 144 Å². The topological polar surface area (TPSA) is 53.4 Å². The maximum Gasteiger partial charge on any atom is 0.262 e. The molecular formula is C16H13BrN2O3S. The standard InChI is InChI=1S/C16H13BrN2O3S/c1-8-9(2)23-15-14(8)16(20)19(6-18-15)5-10-3-12-13(4-11(10)17)22-7-21-12/h3-4,6H,5,7H2,1-2H3. The molecule has 1 aromatic carbocycles. The zero-order valence-electron chi connectivity index (χ0n) is 12.6. The molecule has 0 saturated heterocycles. The maximum atomic E-state index is 12.8. The molecule has 1 aliphatic heterocycles. The van der Waals surface area contributed by atoms with Gasteiger partial charge in [0, 0.05) is 9.35 Å². The van der Waals surface area contributed by atoms with Crippen LogP contribution in [-0.4, -0.2) is 16.3 Å². The van der Waals surface area contributed by atoms with Crippen LogP contribution in [0.25, 0.3) is 10.2 Å². The smallest absolute Gasteiger partial charge is 0.262 e. The van der Waals surface area contributed by atoms with Gasteiger partial charge >= 0.3 is 0 Å². The summed E-state index contributed by atoms with van der Waals surface area (Å²) < 4.78 is 13.3. The summed E-state index contributed by atoms with van der Waals surface area (Å²) in [4.78, 5) is 19.1. The molecule has 0 saturated carbocycles. The fourth-order valence-electron chi connectivity index (χ4n) is 2.65. The van der Waals surface area contributed by atoms with Crippen LogP contribution in [0.4, 0.5) is 0 Å². The molecule has 2 aromatic heterocycles. The second kappa shape index (κ2) is 5.35. The SMILES string of the molecule is Cc1sc2ncn(Cc3cc4c(cc3Br)OCO4)c(=O)c2c1C. The lowest BCUT2D eigenvalue weighted by Gasteiger charge is -2.09. The number of benzene rings is 1. The minimum atomic E-state index is -0.0126. The molecule has 4 rings (SSSR count). The van der Waals surface area contributed by atoms with E-state index in [1.54, 1.807) is 22.2 Å². The van der Waals surface area contributed by atoms with E-state index in [4.69, 9.17) is 9.47 Å².